The summed E-state index contributed by atoms with van der Waals surface area (Å²) in [4.78, 5) is 12.2. The normalized spacial score (nSPS) is 17.9. The molecule has 0 atom stereocenters. The fourth-order valence-electron chi connectivity index (χ4n) is 2.63. The van der Waals surface area contributed by atoms with Crippen molar-refractivity contribution in [3.63, 3.8) is 0 Å². The Morgan fingerprint density at radius 3 is 2.52 bits per heavy atom. The molecule has 0 amide bonds. The van der Waals surface area contributed by atoms with Crippen molar-refractivity contribution in [2.24, 2.45) is 0 Å². The molecule has 0 aromatic heterocycles. The van der Waals surface area contributed by atoms with Crippen LogP contribution in [0.2, 0.25) is 0 Å². The van der Waals surface area contributed by atoms with Crippen molar-refractivity contribution >= 4 is 16.0 Å². The highest BCUT2D eigenvalue weighted by molar-refractivity contribution is 7.89. The van der Waals surface area contributed by atoms with Crippen molar-refractivity contribution in [1.29, 1.82) is 0 Å². The van der Waals surface area contributed by atoms with E-state index < -0.39 is 21.6 Å². The Balaban J connectivity index is 2.05. The SMILES string of the molecule is CN(C)S(=O)(=O)c1cccc(COC(=O)C2(O)CCCCC2)c1. The van der Waals surface area contributed by atoms with Crippen LogP contribution in [0.3, 0.4) is 0 Å². The molecule has 2 rings (SSSR count). The molecule has 1 saturated carbocycles. The van der Waals surface area contributed by atoms with Gasteiger partial charge >= 0.3 is 5.97 Å². The van der Waals surface area contributed by atoms with Crippen molar-refractivity contribution < 1.29 is 23.1 Å². The van der Waals surface area contributed by atoms with Crippen LogP contribution < -0.4 is 0 Å². The number of esters is 1. The van der Waals surface area contributed by atoms with Gasteiger partial charge in [-0.05, 0) is 43.4 Å². The molecule has 1 aromatic rings. The maximum Gasteiger partial charge on any atom is 0.338 e. The highest BCUT2D eigenvalue weighted by Crippen LogP contribution is 2.29. The molecule has 1 aromatic carbocycles. The lowest BCUT2D eigenvalue weighted by Gasteiger charge is -2.29. The van der Waals surface area contributed by atoms with Crippen molar-refractivity contribution in [3.05, 3.63) is 29.8 Å². The lowest BCUT2D eigenvalue weighted by atomic mass is 9.85. The Morgan fingerprint density at radius 1 is 1.26 bits per heavy atom. The van der Waals surface area contributed by atoms with Crippen molar-refractivity contribution in [1.82, 2.24) is 4.31 Å². The fraction of sp³-hybridized carbons (Fsp3) is 0.562. The number of benzene rings is 1. The van der Waals surface area contributed by atoms with E-state index in [1.54, 1.807) is 12.1 Å². The monoisotopic (exact) mass is 341 g/mol. The van der Waals surface area contributed by atoms with E-state index in [1.807, 2.05) is 0 Å². The summed E-state index contributed by atoms with van der Waals surface area (Å²) in [5.74, 6) is -0.627. The van der Waals surface area contributed by atoms with E-state index in [0.717, 1.165) is 23.6 Å². The lowest BCUT2D eigenvalue weighted by Crippen LogP contribution is -2.41. The van der Waals surface area contributed by atoms with Gasteiger partial charge in [0.1, 0.15) is 6.61 Å². The summed E-state index contributed by atoms with van der Waals surface area (Å²) in [6.45, 7) is -0.0576. The number of hydrogen-bond donors (Lipinski definition) is 1. The molecule has 23 heavy (non-hydrogen) atoms. The van der Waals surface area contributed by atoms with Crippen LogP contribution in [0, 0.1) is 0 Å². The van der Waals surface area contributed by atoms with Gasteiger partial charge in [0.25, 0.3) is 0 Å². The molecule has 1 fully saturated rings. The van der Waals surface area contributed by atoms with Crippen LogP contribution >= 0.6 is 0 Å². The molecule has 0 spiro atoms. The van der Waals surface area contributed by atoms with E-state index in [4.69, 9.17) is 4.74 Å². The third-order valence-corrected chi connectivity index (χ3v) is 5.92. The molecule has 0 bridgehead atoms. The molecule has 7 heteroatoms. The van der Waals surface area contributed by atoms with Crippen LogP contribution in [0.5, 0.6) is 0 Å². The average molecular weight is 341 g/mol. The highest BCUT2D eigenvalue weighted by Gasteiger charge is 2.38. The summed E-state index contributed by atoms with van der Waals surface area (Å²) in [7, 11) is -0.609. The minimum atomic E-state index is -3.53. The number of carbonyl (C=O) groups is 1. The number of ether oxygens (including phenoxy) is 1. The van der Waals surface area contributed by atoms with Crippen LogP contribution in [-0.4, -0.2) is 43.5 Å². The first kappa shape index (κ1) is 17.9. The predicted octanol–water partition coefficient (Wildman–Crippen LogP) is 1.68. The fourth-order valence-corrected chi connectivity index (χ4v) is 3.60. The van der Waals surface area contributed by atoms with E-state index in [-0.39, 0.29) is 11.5 Å². The first-order valence-corrected chi connectivity index (χ1v) is 9.11. The number of sulfonamides is 1. The van der Waals surface area contributed by atoms with Gasteiger partial charge in [0.15, 0.2) is 5.60 Å². The molecule has 1 aliphatic carbocycles. The van der Waals surface area contributed by atoms with Gasteiger partial charge in [-0.3, -0.25) is 0 Å². The van der Waals surface area contributed by atoms with Gasteiger partial charge in [-0.15, -0.1) is 0 Å². The van der Waals surface area contributed by atoms with Gasteiger partial charge in [0.05, 0.1) is 4.90 Å². The molecule has 0 heterocycles. The Morgan fingerprint density at radius 2 is 1.91 bits per heavy atom. The topological polar surface area (TPSA) is 83.9 Å². The smallest absolute Gasteiger partial charge is 0.338 e. The largest absolute Gasteiger partial charge is 0.459 e. The van der Waals surface area contributed by atoms with E-state index in [0.29, 0.717) is 18.4 Å². The maximum absolute atomic E-state index is 12.1. The standard InChI is InChI=1S/C16H23NO5S/c1-17(2)23(20,21)14-8-6-7-13(11-14)12-22-15(18)16(19)9-4-3-5-10-16/h6-8,11,19H,3-5,9-10,12H2,1-2H3. The molecule has 6 nitrogen and oxygen atoms in total. The lowest BCUT2D eigenvalue weighted by molar-refractivity contribution is -0.170. The summed E-state index contributed by atoms with van der Waals surface area (Å²) in [6.07, 6.45) is 3.46. The Labute approximate surface area is 137 Å². The quantitative estimate of drug-likeness (QED) is 0.824. The van der Waals surface area contributed by atoms with Gasteiger partial charge in [-0.2, -0.15) is 0 Å². The van der Waals surface area contributed by atoms with Crippen LogP contribution in [0.4, 0.5) is 0 Å². The third kappa shape index (κ3) is 4.10. The second-order valence-electron chi connectivity index (χ2n) is 6.10. The zero-order valence-electron chi connectivity index (χ0n) is 13.5. The van der Waals surface area contributed by atoms with Crippen molar-refractivity contribution in [2.45, 2.75) is 49.2 Å². The molecular weight excluding hydrogens is 318 g/mol. The highest BCUT2D eigenvalue weighted by atomic mass is 32.2. The van der Waals surface area contributed by atoms with Gasteiger partial charge in [0, 0.05) is 14.1 Å². The Hall–Kier alpha value is -1.44. The van der Waals surface area contributed by atoms with Crippen LogP contribution in [0.1, 0.15) is 37.7 Å². The van der Waals surface area contributed by atoms with E-state index in [9.17, 15) is 18.3 Å². The second-order valence-corrected chi connectivity index (χ2v) is 8.26. The third-order valence-electron chi connectivity index (χ3n) is 4.11. The van der Waals surface area contributed by atoms with E-state index in [1.165, 1.54) is 26.2 Å². The minimum Gasteiger partial charge on any atom is -0.459 e. The molecule has 0 radical (unpaired) electrons. The minimum absolute atomic E-state index is 0.0576. The van der Waals surface area contributed by atoms with Crippen LogP contribution in [0.15, 0.2) is 29.2 Å². The number of hydrogen-bond acceptors (Lipinski definition) is 5. The number of carbonyl (C=O) groups excluding carboxylic acids is 1. The number of rotatable bonds is 5. The van der Waals surface area contributed by atoms with Crippen LogP contribution in [0.25, 0.3) is 0 Å². The van der Waals surface area contributed by atoms with E-state index in [2.05, 4.69) is 0 Å². The summed E-state index contributed by atoms with van der Waals surface area (Å²) in [6, 6.07) is 6.27. The van der Waals surface area contributed by atoms with Gasteiger partial charge < -0.3 is 9.84 Å². The molecular formula is C16H23NO5S. The number of nitrogens with zero attached hydrogens (tertiary/aromatic N) is 1. The zero-order chi connectivity index (χ0) is 17.1. The Bertz CT molecular complexity index is 663. The first-order chi connectivity index (χ1) is 10.8. The molecule has 128 valence electrons. The van der Waals surface area contributed by atoms with Crippen molar-refractivity contribution in [2.75, 3.05) is 14.1 Å². The van der Waals surface area contributed by atoms with Gasteiger partial charge in [0.2, 0.25) is 10.0 Å². The molecule has 1 aliphatic rings. The van der Waals surface area contributed by atoms with Crippen LogP contribution in [-0.2, 0) is 26.2 Å². The molecule has 0 unspecified atom stereocenters. The summed E-state index contributed by atoms with van der Waals surface area (Å²) < 4.78 is 30.5. The Kier molecular flexibility index (Phi) is 5.44. The molecule has 1 N–H and O–H groups in total. The zero-order valence-corrected chi connectivity index (χ0v) is 14.3. The molecule has 0 aliphatic heterocycles. The molecule has 0 saturated heterocycles. The predicted molar refractivity (Wildman–Crippen MR) is 85.1 cm³/mol. The first-order valence-electron chi connectivity index (χ1n) is 7.67. The summed E-state index contributed by atoms with van der Waals surface area (Å²) in [5, 5.41) is 10.3. The second kappa shape index (κ2) is 6.98. The summed E-state index contributed by atoms with van der Waals surface area (Å²) in [5.41, 5.74) is -0.827. The maximum atomic E-state index is 12.1. The number of aliphatic hydroxyl groups is 1. The van der Waals surface area contributed by atoms with Gasteiger partial charge in [-0.25, -0.2) is 17.5 Å². The van der Waals surface area contributed by atoms with Gasteiger partial charge in [-0.1, -0.05) is 18.6 Å². The average Bonchev–Trinajstić information content (AvgIpc) is 2.53. The van der Waals surface area contributed by atoms with E-state index >= 15 is 0 Å². The summed E-state index contributed by atoms with van der Waals surface area (Å²) >= 11 is 0. The van der Waals surface area contributed by atoms with Crippen molar-refractivity contribution in [3.8, 4) is 0 Å².